The lowest BCUT2D eigenvalue weighted by Gasteiger charge is -2.33. The maximum atomic E-state index is 13.4. The predicted octanol–water partition coefficient (Wildman–Crippen LogP) is 4.41. The summed E-state index contributed by atoms with van der Waals surface area (Å²) in [6.45, 7) is 0.255. The van der Waals surface area contributed by atoms with Gasteiger partial charge >= 0.3 is 0 Å². The number of rotatable bonds is 8. The predicted molar refractivity (Wildman–Crippen MR) is 128 cm³/mol. The van der Waals surface area contributed by atoms with Gasteiger partial charge in [-0.2, -0.15) is 0 Å². The maximum Gasteiger partial charge on any atom is 0.290 e. The molecular formula is C24H24N2O5S2. The Balaban J connectivity index is 1.82. The van der Waals surface area contributed by atoms with E-state index >= 15 is 0 Å². The van der Waals surface area contributed by atoms with Crippen LogP contribution in [0.25, 0.3) is 0 Å². The van der Waals surface area contributed by atoms with Gasteiger partial charge in [0.15, 0.2) is 17.3 Å². The van der Waals surface area contributed by atoms with E-state index in [0.29, 0.717) is 10.4 Å². The van der Waals surface area contributed by atoms with Crippen molar-refractivity contribution < 1.29 is 24.5 Å². The van der Waals surface area contributed by atoms with E-state index in [2.05, 4.69) is 0 Å². The monoisotopic (exact) mass is 484 g/mol. The van der Waals surface area contributed by atoms with Gasteiger partial charge in [0.05, 0.1) is 29.6 Å². The van der Waals surface area contributed by atoms with Gasteiger partial charge in [0.2, 0.25) is 5.78 Å². The van der Waals surface area contributed by atoms with Crippen LogP contribution in [0.1, 0.15) is 32.2 Å². The summed E-state index contributed by atoms with van der Waals surface area (Å²) in [5.41, 5.74) is 0.588. The first-order valence-corrected chi connectivity index (χ1v) is 12.0. The zero-order valence-corrected chi connectivity index (χ0v) is 20.0. The average Bonchev–Trinajstić information content (AvgIpc) is 3.55. The number of nitrogens with zero attached hydrogens (tertiary/aromatic N) is 2. The first-order valence-electron chi connectivity index (χ1n) is 10.2. The van der Waals surface area contributed by atoms with Gasteiger partial charge < -0.3 is 24.7 Å². The highest BCUT2D eigenvalue weighted by atomic mass is 32.1. The molecule has 1 amide bonds. The number of aliphatic hydroxyl groups excluding tert-OH is 1. The molecule has 9 heteroatoms. The van der Waals surface area contributed by atoms with Crippen molar-refractivity contribution in [2.45, 2.75) is 12.1 Å². The Bertz CT molecular complexity index is 1190. The molecule has 3 aromatic rings. The van der Waals surface area contributed by atoms with Gasteiger partial charge in [0, 0.05) is 11.4 Å². The molecule has 1 aliphatic heterocycles. The second-order valence-electron chi connectivity index (χ2n) is 7.85. The molecule has 0 bridgehead atoms. The van der Waals surface area contributed by atoms with Gasteiger partial charge in [-0.05, 0) is 54.7 Å². The first kappa shape index (κ1) is 23.0. The van der Waals surface area contributed by atoms with E-state index in [1.54, 1.807) is 41.0 Å². The number of benzene rings is 1. The molecule has 1 aromatic carbocycles. The summed E-state index contributed by atoms with van der Waals surface area (Å²) in [6, 6.07) is 11.1. The lowest BCUT2D eigenvalue weighted by molar-refractivity contribution is -0.130. The van der Waals surface area contributed by atoms with Crippen LogP contribution in [0.4, 0.5) is 0 Å². The number of phenolic OH excluding ortho intramolecular Hbond substituents is 1. The number of aliphatic hydroxyl groups is 1. The molecule has 2 N–H and O–H groups in total. The van der Waals surface area contributed by atoms with Crippen LogP contribution in [0, 0.1) is 0 Å². The molecule has 0 fully saturated rings. The van der Waals surface area contributed by atoms with Crippen molar-refractivity contribution in [2.75, 3.05) is 27.7 Å². The van der Waals surface area contributed by atoms with Gasteiger partial charge in [-0.25, -0.2) is 0 Å². The third-order valence-electron chi connectivity index (χ3n) is 5.68. The largest absolute Gasteiger partial charge is 0.504 e. The lowest BCUT2D eigenvalue weighted by Crippen LogP contribution is -2.38. The highest BCUT2D eigenvalue weighted by Crippen LogP contribution is 2.43. The fourth-order valence-corrected chi connectivity index (χ4v) is 5.59. The summed E-state index contributed by atoms with van der Waals surface area (Å²) >= 11 is 2.83. The Morgan fingerprint density at radius 3 is 2.48 bits per heavy atom. The fourth-order valence-electron chi connectivity index (χ4n) is 4.00. The Hall–Kier alpha value is -3.14. The zero-order chi connectivity index (χ0) is 23.7. The quantitative estimate of drug-likeness (QED) is 0.461. The molecule has 2 atom stereocenters. The smallest absolute Gasteiger partial charge is 0.290 e. The van der Waals surface area contributed by atoms with Gasteiger partial charge in [-0.1, -0.05) is 18.2 Å². The topological polar surface area (TPSA) is 90.3 Å². The minimum absolute atomic E-state index is 0.0267. The van der Waals surface area contributed by atoms with Crippen molar-refractivity contribution in [1.29, 1.82) is 0 Å². The van der Waals surface area contributed by atoms with E-state index in [1.165, 1.54) is 29.4 Å². The van der Waals surface area contributed by atoms with Crippen molar-refractivity contribution in [1.82, 2.24) is 9.80 Å². The van der Waals surface area contributed by atoms with Crippen LogP contribution in [0.5, 0.6) is 11.5 Å². The number of hydrogen-bond donors (Lipinski definition) is 2. The standard InChI is InChI=1S/C24H24N2O5S2/c1-25(2)15(18-6-4-10-32-18)13-26-21(14-8-9-16(27)17(12-14)31-3)20(23(29)24(26)30)22(28)19-7-5-11-33-19/h4-12,15,21,27,29H,13H2,1-3H3/t15-,21+/m1/s1. The molecule has 0 saturated heterocycles. The number of phenols is 1. The molecule has 7 nitrogen and oxygen atoms in total. The number of carbonyl (C=O) groups excluding carboxylic acids is 2. The van der Waals surface area contributed by atoms with Gasteiger partial charge in [-0.3, -0.25) is 9.59 Å². The number of methoxy groups -OCH3 is 1. The lowest BCUT2D eigenvalue weighted by atomic mass is 9.94. The summed E-state index contributed by atoms with van der Waals surface area (Å²) in [7, 11) is 5.28. The van der Waals surface area contributed by atoms with E-state index < -0.39 is 23.5 Å². The number of ether oxygens (including phenoxy) is 1. The van der Waals surface area contributed by atoms with Crippen LogP contribution in [-0.2, 0) is 4.79 Å². The number of likely N-dealkylation sites (N-methyl/N-ethyl adjacent to an activating group) is 1. The number of amides is 1. The van der Waals surface area contributed by atoms with Crippen molar-refractivity contribution >= 4 is 34.4 Å². The molecule has 0 saturated carbocycles. The number of Topliss-reactive ketones (excluding diaryl/α,β-unsaturated/α-hetero) is 1. The zero-order valence-electron chi connectivity index (χ0n) is 18.4. The second-order valence-corrected chi connectivity index (χ2v) is 9.78. The van der Waals surface area contributed by atoms with Gasteiger partial charge in [-0.15, -0.1) is 22.7 Å². The molecule has 0 aliphatic carbocycles. The molecule has 1 aliphatic rings. The summed E-state index contributed by atoms with van der Waals surface area (Å²) < 4.78 is 5.26. The highest BCUT2D eigenvalue weighted by Gasteiger charge is 2.45. The van der Waals surface area contributed by atoms with Gasteiger partial charge in [0.25, 0.3) is 5.91 Å². The third-order valence-corrected chi connectivity index (χ3v) is 7.52. The van der Waals surface area contributed by atoms with Gasteiger partial charge in [0.1, 0.15) is 0 Å². The molecule has 0 radical (unpaired) electrons. The van der Waals surface area contributed by atoms with Crippen LogP contribution >= 0.6 is 22.7 Å². The van der Waals surface area contributed by atoms with Crippen LogP contribution in [0.3, 0.4) is 0 Å². The molecule has 4 rings (SSSR count). The number of thiophene rings is 2. The minimum Gasteiger partial charge on any atom is -0.504 e. The van der Waals surface area contributed by atoms with Crippen molar-refractivity contribution in [3.8, 4) is 11.5 Å². The molecule has 3 heterocycles. The van der Waals surface area contributed by atoms with E-state index in [0.717, 1.165) is 4.88 Å². The number of ketones is 1. The van der Waals surface area contributed by atoms with E-state index in [4.69, 9.17) is 4.74 Å². The summed E-state index contributed by atoms with van der Waals surface area (Å²) in [5.74, 6) is -1.38. The normalized spacial score (nSPS) is 17.2. The van der Waals surface area contributed by atoms with Crippen molar-refractivity contribution in [3.05, 3.63) is 79.9 Å². The average molecular weight is 485 g/mol. The molecule has 2 aromatic heterocycles. The maximum absolute atomic E-state index is 13.4. The highest BCUT2D eigenvalue weighted by molar-refractivity contribution is 7.12. The van der Waals surface area contributed by atoms with Crippen molar-refractivity contribution in [3.63, 3.8) is 0 Å². The molecule has 33 heavy (non-hydrogen) atoms. The molecule has 0 unspecified atom stereocenters. The second kappa shape index (κ2) is 9.38. The van der Waals surface area contributed by atoms with E-state index in [-0.39, 0.29) is 29.7 Å². The third kappa shape index (κ3) is 4.27. The Morgan fingerprint density at radius 2 is 1.88 bits per heavy atom. The molecule has 172 valence electrons. The van der Waals surface area contributed by atoms with Crippen LogP contribution in [0.15, 0.2) is 64.6 Å². The minimum atomic E-state index is -0.830. The van der Waals surface area contributed by atoms with Crippen LogP contribution in [0.2, 0.25) is 0 Å². The Morgan fingerprint density at radius 1 is 1.15 bits per heavy atom. The first-order chi connectivity index (χ1) is 15.8. The summed E-state index contributed by atoms with van der Waals surface area (Å²) in [5, 5.41) is 24.7. The number of aromatic hydroxyl groups is 1. The van der Waals surface area contributed by atoms with Crippen LogP contribution < -0.4 is 4.74 Å². The van der Waals surface area contributed by atoms with E-state index in [1.807, 2.05) is 36.5 Å². The van der Waals surface area contributed by atoms with Crippen molar-refractivity contribution in [2.24, 2.45) is 0 Å². The fraction of sp³-hybridized carbons (Fsp3) is 0.250. The number of hydrogen-bond acceptors (Lipinski definition) is 8. The summed E-state index contributed by atoms with van der Waals surface area (Å²) in [6.07, 6.45) is 0. The Labute approximate surface area is 199 Å². The van der Waals surface area contributed by atoms with Crippen LogP contribution in [-0.4, -0.2) is 59.5 Å². The summed E-state index contributed by atoms with van der Waals surface area (Å²) in [4.78, 5) is 31.7. The SMILES string of the molecule is COc1cc([C@H]2C(C(=O)c3cccs3)=C(O)C(=O)N2C[C@H](c2cccs2)N(C)C)ccc1O. The Kier molecular flexibility index (Phi) is 6.55. The molecule has 0 spiro atoms. The van der Waals surface area contributed by atoms with E-state index in [9.17, 15) is 19.8 Å². The number of carbonyl (C=O) groups is 2. The molecular weight excluding hydrogens is 460 g/mol.